The minimum Gasteiger partial charge on any atom is -0.480 e. The minimum atomic E-state index is -0.959. The molecule has 1 fully saturated rings. The second kappa shape index (κ2) is 5.69. The molecule has 0 aromatic carbocycles. The Labute approximate surface area is 111 Å². The van der Waals surface area contributed by atoms with Crippen LogP contribution in [0.15, 0.2) is 24.5 Å². The Kier molecular flexibility index (Phi) is 3.99. The molecule has 2 atom stereocenters. The summed E-state index contributed by atoms with van der Waals surface area (Å²) >= 11 is 0. The molecule has 0 radical (unpaired) electrons. The van der Waals surface area contributed by atoms with Gasteiger partial charge >= 0.3 is 5.97 Å². The van der Waals surface area contributed by atoms with Gasteiger partial charge in [0.1, 0.15) is 11.8 Å². The number of carboxylic acid groups (broad SMARTS) is 1. The third kappa shape index (κ3) is 3.01. The zero-order valence-electron chi connectivity index (χ0n) is 10.7. The first-order valence-electron chi connectivity index (χ1n) is 6.19. The summed E-state index contributed by atoms with van der Waals surface area (Å²) in [4.78, 5) is 28.5. The Morgan fingerprint density at radius 3 is 3.00 bits per heavy atom. The number of aromatic nitrogens is 1. The zero-order valence-corrected chi connectivity index (χ0v) is 10.7. The predicted molar refractivity (Wildman–Crippen MR) is 66.7 cm³/mol. The summed E-state index contributed by atoms with van der Waals surface area (Å²) < 4.78 is 5.47. The lowest BCUT2D eigenvalue weighted by Crippen LogP contribution is -2.46. The molecule has 1 aliphatic rings. The first-order valence-corrected chi connectivity index (χ1v) is 6.19. The average molecular weight is 264 g/mol. The van der Waals surface area contributed by atoms with Crippen LogP contribution in [0.2, 0.25) is 0 Å². The summed E-state index contributed by atoms with van der Waals surface area (Å²) in [5.74, 6) is -0.761. The molecule has 19 heavy (non-hydrogen) atoms. The lowest BCUT2D eigenvalue weighted by molar-refractivity contribution is -0.150. The average Bonchev–Trinajstić information content (AvgIpc) is 2.88. The maximum atomic E-state index is 12.2. The highest BCUT2D eigenvalue weighted by Crippen LogP contribution is 2.20. The van der Waals surface area contributed by atoms with Crippen LogP contribution < -0.4 is 4.74 Å². The molecule has 1 N–H and O–H groups in total. The van der Waals surface area contributed by atoms with Crippen LogP contribution in [0.4, 0.5) is 0 Å². The maximum absolute atomic E-state index is 12.2. The number of nitrogens with zero attached hydrogens (tertiary/aromatic N) is 2. The van der Waals surface area contributed by atoms with Gasteiger partial charge in [0.15, 0.2) is 6.10 Å². The van der Waals surface area contributed by atoms with E-state index in [1.54, 1.807) is 25.3 Å². The van der Waals surface area contributed by atoms with Crippen LogP contribution in [0.3, 0.4) is 0 Å². The molecule has 0 bridgehead atoms. The van der Waals surface area contributed by atoms with Crippen LogP contribution in [0, 0.1) is 0 Å². The van der Waals surface area contributed by atoms with Crippen molar-refractivity contribution in [1.82, 2.24) is 9.88 Å². The van der Waals surface area contributed by atoms with Crippen molar-refractivity contribution in [1.29, 1.82) is 0 Å². The van der Waals surface area contributed by atoms with E-state index in [1.165, 1.54) is 11.1 Å². The number of hydrogen-bond acceptors (Lipinski definition) is 4. The number of carbonyl (C=O) groups is 2. The number of rotatable bonds is 4. The van der Waals surface area contributed by atoms with Crippen LogP contribution in [0.5, 0.6) is 5.75 Å². The standard InChI is InChI=1S/C13H16N2O4/c1-9(19-10-4-2-6-14-8-10)12(16)15-7-3-5-11(15)13(17)18/h2,4,6,8-9,11H,3,5,7H2,1H3,(H,17,18)/t9?,11-/m1/s1. The van der Waals surface area contributed by atoms with Crippen LogP contribution in [-0.2, 0) is 9.59 Å². The van der Waals surface area contributed by atoms with Gasteiger partial charge in [-0.05, 0) is 31.9 Å². The number of pyridine rings is 1. The first-order chi connectivity index (χ1) is 9.09. The van der Waals surface area contributed by atoms with Crippen LogP contribution in [-0.4, -0.2) is 45.6 Å². The molecule has 1 aromatic heterocycles. The van der Waals surface area contributed by atoms with Gasteiger partial charge in [0.2, 0.25) is 0 Å². The van der Waals surface area contributed by atoms with E-state index in [0.717, 1.165) is 0 Å². The third-order valence-corrected chi connectivity index (χ3v) is 3.12. The van der Waals surface area contributed by atoms with Gasteiger partial charge < -0.3 is 14.7 Å². The summed E-state index contributed by atoms with van der Waals surface area (Å²) in [6, 6.07) is 2.69. The molecule has 1 aromatic rings. The van der Waals surface area contributed by atoms with Gasteiger partial charge in [-0.1, -0.05) is 0 Å². The Bertz CT molecular complexity index is 463. The highest BCUT2D eigenvalue weighted by atomic mass is 16.5. The summed E-state index contributed by atoms with van der Waals surface area (Å²) in [6.45, 7) is 2.09. The van der Waals surface area contributed by atoms with Crippen LogP contribution in [0.1, 0.15) is 19.8 Å². The molecular formula is C13H16N2O4. The van der Waals surface area contributed by atoms with Crippen molar-refractivity contribution < 1.29 is 19.4 Å². The molecule has 0 spiro atoms. The van der Waals surface area contributed by atoms with Gasteiger partial charge in [-0.25, -0.2) is 4.79 Å². The Balaban J connectivity index is 2.01. The largest absolute Gasteiger partial charge is 0.480 e. The monoisotopic (exact) mass is 264 g/mol. The molecule has 1 amide bonds. The number of likely N-dealkylation sites (tertiary alicyclic amines) is 1. The van der Waals surface area contributed by atoms with Crippen molar-refractivity contribution in [2.45, 2.75) is 31.9 Å². The van der Waals surface area contributed by atoms with Gasteiger partial charge in [-0.3, -0.25) is 9.78 Å². The quantitative estimate of drug-likeness (QED) is 0.874. The highest BCUT2D eigenvalue weighted by molar-refractivity contribution is 5.86. The summed E-state index contributed by atoms with van der Waals surface area (Å²) in [5.41, 5.74) is 0. The molecule has 6 nitrogen and oxygen atoms in total. The van der Waals surface area contributed by atoms with E-state index in [-0.39, 0.29) is 5.91 Å². The second-order valence-electron chi connectivity index (χ2n) is 4.48. The second-order valence-corrected chi connectivity index (χ2v) is 4.48. The fourth-order valence-electron chi connectivity index (χ4n) is 2.19. The molecule has 0 aliphatic carbocycles. The lowest BCUT2D eigenvalue weighted by atomic mass is 10.2. The van der Waals surface area contributed by atoms with E-state index in [4.69, 9.17) is 9.84 Å². The number of ether oxygens (including phenoxy) is 1. The number of carboxylic acids is 1. The number of hydrogen-bond donors (Lipinski definition) is 1. The Hall–Kier alpha value is -2.11. The van der Waals surface area contributed by atoms with E-state index >= 15 is 0 Å². The Morgan fingerprint density at radius 2 is 2.37 bits per heavy atom. The van der Waals surface area contributed by atoms with Crippen molar-refractivity contribution in [2.75, 3.05) is 6.54 Å². The summed E-state index contributed by atoms with van der Waals surface area (Å²) in [7, 11) is 0. The first kappa shape index (κ1) is 13.3. The highest BCUT2D eigenvalue weighted by Gasteiger charge is 2.36. The molecule has 2 heterocycles. The zero-order chi connectivity index (χ0) is 13.8. The number of carbonyl (C=O) groups excluding carboxylic acids is 1. The van der Waals surface area contributed by atoms with Gasteiger partial charge in [-0.2, -0.15) is 0 Å². The van der Waals surface area contributed by atoms with Gasteiger partial charge in [-0.15, -0.1) is 0 Å². The molecule has 2 rings (SSSR count). The van der Waals surface area contributed by atoms with E-state index in [9.17, 15) is 9.59 Å². The van der Waals surface area contributed by atoms with E-state index in [1.807, 2.05) is 0 Å². The molecule has 1 unspecified atom stereocenters. The topological polar surface area (TPSA) is 79.7 Å². The normalized spacial score (nSPS) is 20.1. The van der Waals surface area contributed by atoms with Crippen molar-refractivity contribution in [3.63, 3.8) is 0 Å². The van der Waals surface area contributed by atoms with Crippen LogP contribution in [0.25, 0.3) is 0 Å². The fraction of sp³-hybridized carbons (Fsp3) is 0.462. The summed E-state index contributed by atoms with van der Waals surface area (Å²) in [6.07, 6.45) is 3.62. The minimum absolute atomic E-state index is 0.297. The van der Waals surface area contributed by atoms with Crippen molar-refractivity contribution in [2.24, 2.45) is 0 Å². The molecule has 1 saturated heterocycles. The van der Waals surface area contributed by atoms with Gasteiger partial charge in [0.25, 0.3) is 5.91 Å². The van der Waals surface area contributed by atoms with Gasteiger partial charge in [0, 0.05) is 12.7 Å². The smallest absolute Gasteiger partial charge is 0.326 e. The van der Waals surface area contributed by atoms with E-state index in [0.29, 0.717) is 25.1 Å². The Morgan fingerprint density at radius 1 is 1.58 bits per heavy atom. The van der Waals surface area contributed by atoms with Crippen molar-refractivity contribution in [3.05, 3.63) is 24.5 Å². The van der Waals surface area contributed by atoms with E-state index < -0.39 is 18.1 Å². The summed E-state index contributed by atoms with van der Waals surface area (Å²) in [5, 5.41) is 9.06. The number of aliphatic carboxylic acids is 1. The van der Waals surface area contributed by atoms with Crippen molar-refractivity contribution in [3.8, 4) is 5.75 Å². The molecule has 1 aliphatic heterocycles. The molecular weight excluding hydrogens is 248 g/mol. The maximum Gasteiger partial charge on any atom is 0.326 e. The molecule has 102 valence electrons. The van der Waals surface area contributed by atoms with Gasteiger partial charge in [0.05, 0.1) is 6.20 Å². The molecule has 6 heteroatoms. The predicted octanol–water partition coefficient (Wildman–Crippen LogP) is 0.924. The van der Waals surface area contributed by atoms with Crippen LogP contribution >= 0.6 is 0 Å². The third-order valence-electron chi connectivity index (χ3n) is 3.12. The number of amides is 1. The SMILES string of the molecule is CC(Oc1cccnc1)C(=O)N1CCC[C@@H]1C(=O)O. The lowest BCUT2D eigenvalue weighted by Gasteiger charge is -2.25. The molecule has 0 saturated carbocycles. The fourth-order valence-corrected chi connectivity index (χ4v) is 2.19. The van der Waals surface area contributed by atoms with E-state index in [2.05, 4.69) is 4.98 Å². The van der Waals surface area contributed by atoms with Crippen molar-refractivity contribution >= 4 is 11.9 Å².